The Kier molecular flexibility index (Phi) is 2.89. The van der Waals surface area contributed by atoms with Crippen LogP contribution in [0, 0.1) is 0 Å². The predicted octanol–water partition coefficient (Wildman–Crippen LogP) is 0.989. The van der Waals surface area contributed by atoms with Gasteiger partial charge in [0.1, 0.15) is 0 Å². The van der Waals surface area contributed by atoms with Gasteiger partial charge in [-0.15, -0.1) is 0 Å². The lowest BCUT2D eigenvalue weighted by Crippen LogP contribution is -2.20. The lowest BCUT2D eigenvalue weighted by molar-refractivity contribution is -0.158. The maximum Gasteiger partial charge on any atom is 0.511 e. The average molecular weight is 186 g/mol. The van der Waals surface area contributed by atoms with Crippen LogP contribution in [-0.4, -0.2) is 25.0 Å². The van der Waals surface area contributed by atoms with E-state index < -0.39 is 18.4 Å². The summed E-state index contributed by atoms with van der Waals surface area (Å²) in [5.74, 6) is -0.564. The summed E-state index contributed by atoms with van der Waals surface area (Å²) in [6.45, 7) is 5.20. The molecular weight excluding hydrogens is 176 g/mol. The molecule has 0 saturated carbocycles. The van der Waals surface area contributed by atoms with Crippen LogP contribution in [-0.2, 0) is 19.0 Å². The molecule has 1 atom stereocenters. The van der Waals surface area contributed by atoms with Gasteiger partial charge in [0.25, 0.3) is 6.29 Å². The van der Waals surface area contributed by atoms with Gasteiger partial charge in [0.05, 0.1) is 0 Å². The van der Waals surface area contributed by atoms with E-state index in [1.165, 1.54) is 0 Å². The Labute approximate surface area is 75.3 Å². The number of rotatable bonds is 3. The molecule has 1 aliphatic heterocycles. The van der Waals surface area contributed by atoms with Gasteiger partial charge in [0.2, 0.25) is 0 Å². The molecule has 0 spiro atoms. The van der Waals surface area contributed by atoms with E-state index in [0.29, 0.717) is 12.0 Å². The molecule has 0 aromatic rings. The van der Waals surface area contributed by atoms with Crippen LogP contribution < -0.4 is 0 Å². The highest BCUT2D eigenvalue weighted by Crippen LogP contribution is 2.10. The number of hydrogen-bond donors (Lipinski definition) is 0. The lowest BCUT2D eigenvalue weighted by Gasteiger charge is -2.08. The van der Waals surface area contributed by atoms with Crippen molar-refractivity contribution in [3.05, 3.63) is 12.2 Å². The number of esters is 1. The first kappa shape index (κ1) is 9.57. The van der Waals surface area contributed by atoms with Crippen LogP contribution in [0.25, 0.3) is 0 Å². The standard InChI is InChI=1S/C8H10O5/c1-3-5(2)7(9)12-6-4-11-8(10)13-6/h6H,2-4H2,1H3. The van der Waals surface area contributed by atoms with Gasteiger partial charge in [-0.25, -0.2) is 9.59 Å². The van der Waals surface area contributed by atoms with E-state index in [1.54, 1.807) is 6.92 Å². The Morgan fingerprint density at radius 2 is 2.46 bits per heavy atom. The monoisotopic (exact) mass is 186 g/mol. The number of hydrogen-bond acceptors (Lipinski definition) is 5. The second kappa shape index (κ2) is 3.93. The molecule has 5 heteroatoms. The molecule has 13 heavy (non-hydrogen) atoms. The zero-order valence-electron chi connectivity index (χ0n) is 7.24. The van der Waals surface area contributed by atoms with Crippen molar-refractivity contribution >= 4 is 12.1 Å². The number of cyclic esters (lactones) is 2. The summed E-state index contributed by atoms with van der Waals surface area (Å²) in [4.78, 5) is 21.5. The van der Waals surface area contributed by atoms with Crippen molar-refractivity contribution in [2.45, 2.75) is 19.6 Å². The first-order chi connectivity index (χ1) is 6.13. The number of carbonyl (C=O) groups is 2. The van der Waals surface area contributed by atoms with E-state index >= 15 is 0 Å². The molecule has 72 valence electrons. The molecule has 0 amide bonds. The summed E-state index contributed by atoms with van der Waals surface area (Å²) in [5, 5.41) is 0. The average Bonchev–Trinajstić information content (AvgIpc) is 2.49. The van der Waals surface area contributed by atoms with Crippen molar-refractivity contribution < 1.29 is 23.8 Å². The molecule has 1 fully saturated rings. The van der Waals surface area contributed by atoms with Crippen LogP contribution in [0.2, 0.25) is 0 Å². The third-order valence-electron chi connectivity index (χ3n) is 1.52. The fraction of sp³-hybridized carbons (Fsp3) is 0.500. The molecule has 0 aromatic carbocycles. The molecule has 0 radical (unpaired) electrons. The Morgan fingerprint density at radius 3 is 2.92 bits per heavy atom. The molecule has 1 saturated heterocycles. The molecular formula is C8H10O5. The molecule has 5 nitrogen and oxygen atoms in total. The van der Waals surface area contributed by atoms with E-state index in [4.69, 9.17) is 4.74 Å². The Hall–Kier alpha value is -1.52. The summed E-state index contributed by atoms with van der Waals surface area (Å²) in [6.07, 6.45) is -1.25. The Morgan fingerprint density at radius 1 is 1.77 bits per heavy atom. The fourth-order valence-corrected chi connectivity index (χ4v) is 0.717. The van der Waals surface area contributed by atoms with Crippen LogP contribution in [0.3, 0.4) is 0 Å². The first-order valence-corrected chi connectivity index (χ1v) is 3.85. The van der Waals surface area contributed by atoms with Crippen LogP contribution in [0.1, 0.15) is 13.3 Å². The number of carbonyl (C=O) groups excluding carboxylic acids is 2. The Bertz CT molecular complexity index is 245. The van der Waals surface area contributed by atoms with Crippen molar-refractivity contribution in [3.63, 3.8) is 0 Å². The minimum absolute atomic E-state index is 0.0540. The molecule has 0 aliphatic carbocycles. The SMILES string of the molecule is C=C(CC)C(=O)OC1COC(=O)O1. The van der Waals surface area contributed by atoms with Crippen molar-refractivity contribution in [3.8, 4) is 0 Å². The fourth-order valence-electron chi connectivity index (χ4n) is 0.717. The third-order valence-corrected chi connectivity index (χ3v) is 1.52. The van der Waals surface area contributed by atoms with Crippen molar-refractivity contribution in [2.75, 3.05) is 6.61 Å². The topological polar surface area (TPSA) is 61.8 Å². The van der Waals surface area contributed by atoms with Gasteiger partial charge in [0, 0.05) is 5.57 Å². The highest BCUT2D eigenvalue weighted by Gasteiger charge is 2.28. The lowest BCUT2D eigenvalue weighted by atomic mass is 10.2. The van der Waals surface area contributed by atoms with Crippen LogP contribution in [0.4, 0.5) is 4.79 Å². The maximum absolute atomic E-state index is 11.1. The zero-order chi connectivity index (χ0) is 9.84. The van der Waals surface area contributed by atoms with Gasteiger partial charge in [-0.05, 0) is 6.42 Å². The second-order valence-corrected chi connectivity index (χ2v) is 2.47. The second-order valence-electron chi connectivity index (χ2n) is 2.47. The summed E-state index contributed by atoms with van der Waals surface area (Å²) in [6, 6.07) is 0. The van der Waals surface area contributed by atoms with Crippen LogP contribution >= 0.6 is 0 Å². The smallest absolute Gasteiger partial charge is 0.426 e. The Balaban J connectivity index is 2.37. The highest BCUT2D eigenvalue weighted by atomic mass is 16.8. The van der Waals surface area contributed by atoms with Gasteiger partial charge in [-0.2, -0.15) is 0 Å². The molecule has 0 aromatic heterocycles. The summed E-state index contributed by atoms with van der Waals surface area (Å²) >= 11 is 0. The van der Waals surface area contributed by atoms with E-state index in [2.05, 4.69) is 16.1 Å². The van der Waals surface area contributed by atoms with Crippen molar-refractivity contribution in [1.29, 1.82) is 0 Å². The maximum atomic E-state index is 11.1. The third kappa shape index (κ3) is 2.47. The van der Waals surface area contributed by atoms with Crippen molar-refractivity contribution in [2.24, 2.45) is 0 Å². The summed E-state index contributed by atoms with van der Waals surface area (Å²) in [5.41, 5.74) is 0.336. The highest BCUT2D eigenvalue weighted by molar-refractivity contribution is 5.87. The molecule has 1 rings (SSSR count). The van der Waals surface area contributed by atoms with Gasteiger partial charge < -0.3 is 14.2 Å². The van der Waals surface area contributed by atoms with Gasteiger partial charge in [-0.3, -0.25) is 0 Å². The molecule has 1 unspecified atom stereocenters. The van der Waals surface area contributed by atoms with Crippen LogP contribution in [0.5, 0.6) is 0 Å². The minimum Gasteiger partial charge on any atom is -0.426 e. The predicted molar refractivity (Wildman–Crippen MR) is 41.7 cm³/mol. The van der Waals surface area contributed by atoms with E-state index in [1.807, 2.05) is 0 Å². The van der Waals surface area contributed by atoms with E-state index in [-0.39, 0.29) is 6.61 Å². The molecule has 1 heterocycles. The quantitative estimate of drug-likeness (QED) is 0.485. The van der Waals surface area contributed by atoms with E-state index in [9.17, 15) is 9.59 Å². The zero-order valence-corrected chi connectivity index (χ0v) is 7.24. The van der Waals surface area contributed by atoms with Gasteiger partial charge in [-0.1, -0.05) is 13.5 Å². The number of ether oxygens (including phenoxy) is 3. The van der Waals surface area contributed by atoms with Gasteiger partial charge >= 0.3 is 12.1 Å². The largest absolute Gasteiger partial charge is 0.511 e. The van der Waals surface area contributed by atoms with Crippen molar-refractivity contribution in [1.82, 2.24) is 0 Å². The molecule has 0 bridgehead atoms. The minimum atomic E-state index is -0.928. The molecule has 1 aliphatic rings. The normalized spacial score (nSPS) is 20.4. The molecule has 0 N–H and O–H groups in total. The summed E-state index contributed by atoms with van der Waals surface area (Å²) < 4.78 is 13.6. The first-order valence-electron chi connectivity index (χ1n) is 3.85. The van der Waals surface area contributed by atoms with Crippen LogP contribution in [0.15, 0.2) is 12.2 Å². The van der Waals surface area contributed by atoms with Gasteiger partial charge in [0.15, 0.2) is 6.61 Å². The van der Waals surface area contributed by atoms with E-state index in [0.717, 1.165) is 0 Å². The summed E-state index contributed by atoms with van der Waals surface area (Å²) in [7, 11) is 0.